The molecule has 20 heavy (non-hydrogen) atoms. The van der Waals surface area contributed by atoms with Crippen LogP contribution in [0.25, 0.3) is 0 Å². The van der Waals surface area contributed by atoms with Crippen molar-refractivity contribution in [2.24, 2.45) is 16.3 Å². The number of hydrogen-bond acceptors (Lipinski definition) is 4. The molecular formula is C14H28N4O2. The number of amides is 1. The number of amidine groups is 1. The largest absolute Gasteiger partial charge is 0.409 e. The summed E-state index contributed by atoms with van der Waals surface area (Å²) in [6.45, 7) is 11.0. The van der Waals surface area contributed by atoms with Crippen molar-refractivity contribution in [3.8, 4) is 0 Å². The Balaban J connectivity index is 2.62. The zero-order chi connectivity index (χ0) is 15.3. The fraction of sp³-hybridized carbons (Fsp3) is 0.857. The predicted octanol–water partition coefficient (Wildman–Crippen LogP) is 1.09. The zero-order valence-electron chi connectivity index (χ0n) is 13.1. The molecule has 1 amide bonds. The molecule has 1 aliphatic heterocycles. The van der Waals surface area contributed by atoms with Crippen LogP contribution in [-0.2, 0) is 4.79 Å². The van der Waals surface area contributed by atoms with Gasteiger partial charge in [-0.05, 0) is 12.8 Å². The molecule has 1 atom stereocenters. The summed E-state index contributed by atoms with van der Waals surface area (Å²) in [5.41, 5.74) is 5.43. The smallest absolute Gasteiger partial charge is 0.228 e. The van der Waals surface area contributed by atoms with Gasteiger partial charge in [0.25, 0.3) is 0 Å². The van der Waals surface area contributed by atoms with E-state index in [1.165, 1.54) is 0 Å². The van der Waals surface area contributed by atoms with Gasteiger partial charge in [-0.2, -0.15) is 0 Å². The lowest BCUT2D eigenvalue weighted by Crippen LogP contribution is -2.56. The van der Waals surface area contributed by atoms with E-state index in [2.05, 4.69) is 10.1 Å². The molecule has 0 aliphatic carbocycles. The second kappa shape index (κ2) is 6.92. The van der Waals surface area contributed by atoms with Crippen LogP contribution in [0.1, 0.15) is 40.5 Å². The van der Waals surface area contributed by atoms with Gasteiger partial charge in [-0.3, -0.25) is 9.69 Å². The molecule has 116 valence electrons. The van der Waals surface area contributed by atoms with Gasteiger partial charge in [-0.25, -0.2) is 0 Å². The molecule has 1 aliphatic rings. The molecule has 6 heteroatoms. The maximum atomic E-state index is 12.4. The van der Waals surface area contributed by atoms with Gasteiger partial charge < -0.3 is 15.8 Å². The molecule has 0 aromatic carbocycles. The third-order valence-corrected chi connectivity index (χ3v) is 4.35. The minimum atomic E-state index is -0.294. The number of carbonyl (C=O) groups excluding carboxylic acids is 1. The lowest BCUT2D eigenvalue weighted by atomic mass is 9.88. The molecule has 1 unspecified atom stereocenters. The van der Waals surface area contributed by atoms with E-state index >= 15 is 0 Å². The summed E-state index contributed by atoms with van der Waals surface area (Å²) in [4.78, 5) is 16.5. The average Bonchev–Trinajstić information content (AvgIpc) is 2.47. The van der Waals surface area contributed by atoms with Crippen molar-refractivity contribution >= 4 is 11.7 Å². The van der Waals surface area contributed by atoms with Gasteiger partial charge in [0.15, 0.2) is 5.84 Å². The predicted molar refractivity (Wildman–Crippen MR) is 79.7 cm³/mol. The normalized spacial score (nSPS) is 20.0. The Morgan fingerprint density at radius 2 is 1.85 bits per heavy atom. The van der Waals surface area contributed by atoms with Crippen LogP contribution < -0.4 is 5.73 Å². The summed E-state index contributed by atoms with van der Waals surface area (Å²) < 4.78 is 0. The molecular weight excluding hydrogens is 256 g/mol. The van der Waals surface area contributed by atoms with E-state index in [0.29, 0.717) is 13.1 Å². The summed E-state index contributed by atoms with van der Waals surface area (Å²) in [7, 11) is 0. The summed E-state index contributed by atoms with van der Waals surface area (Å²) in [6.07, 6.45) is 1.64. The Hall–Kier alpha value is -1.30. The van der Waals surface area contributed by atoms with Crippen LogP contribution in [-0.4, -0.2) is 59.0 Å². The van der Waals surface area contributed by atoms with Gasteiger partial charge in [-0.15, -0.1) is 0 Å². The van der Waals surface area contributed by atoms with Crippen molar-refractivity contribution in [3.63, 3.8) is 0 Å². The molecule has 0 spiro atoms. The SMILES string of the molecule is CCC(C(N)=NO)N1CCN(C(=O)C(C)(C)CC)CC1. The Morgan fingerprint density at radius 1 is 1.30 bits per heavy atom. The van der Waals surface area contributed by atoms with Crippen LogP contribution in [0.15, 0.2) is 5.16 Å². The third kappa shape index (κ3) is 3.62. The quantitative estimate of drug-likeness (QED) is 0.343. The molecule has 0 bridgehead atoms. The van der Waals surface area contributed by atoms with E-state index in [0.717, 1.165) is 25.9 Å². The summed E-state index contributed by atoms with van der Waals surface area (Å²) in [5, 5.41) is 11.9. The Morgan fingerprint density at radius 3 is 2.25 bits per heavy atom. The van der Waals surface area contributed by atoms with E-state index in [1.54, 1.807) is 0 Å². The van der Waals surface area contributed by atoms with Gasteiger partial charge in [0, 0.05) is 31.6 Å². The minimum Gasteiger partial charge on any atom is -0.409 e. The summed E-state index contributed by atoms with van der Waals surface area (Å²) in [6, 6.07) is -0.0450. The van der Waals surface area contributed by atoms with E-state index in [4.69, 9.17) is 10.9 Å². The van der Waals surface area contributed by atoms with Crippen molar-refractivity contribution in [2.45, 2.75) is 46.6 Å². The molecule has 0 aromatic rings. The number of oxime groups is 1. The van der Waals surface area contributed by atoms with Crippen molar-refractivity contribution in [1.82, 2.24) is 9.80 Å². The molecule has 1 rings (SSSR count). The van der Waals surface area contributed by atoms with Crippen LogP contribution in [0.3, 0.4) is 0 Å². The summed E-state index contributed by atoms with van der Waals surface area (Å²) >= 11 is 0. The molecule has 6 nitrogen and oxygen atoms in total. The van der Waals surface area contributed by atoms with Gasteiger partial charge in [0.2, 0.25) is 5.91 Å². The number of piperazine rings is 1. The van der Waals surface area contributed by atoms with Crippen LogP contribution in [0.4, 0.5) is 0 Å². The lowest BCUT2D eigenvalue weighted by Gasteiger charge is -2.40. The standard InChI is InChI=1S/C14H28N4O2/c1-5-11(12(15)16-20)17-7-9-18(10-8-17)13(19)14(3,4)6-2/h11,20H,5-10H2,1-4H3,(H2,15,16). The second-order valence-corrected chi connectivity index (χ2v) is 6.01. The summed E-state index contributed by atoms with van der Waals surface area (Å²) in [5.74, 6) is 0.470. The number of carbonyl (C=O) groups is 1. The number of nitrogens with zero attached hydrogens (tertiary/aromatic N) is 3. The molecule has 3 N–H and O–H groups in total. The molecule has 0 saturated carbocycles. The van der Waals surface area contributed by atoms with Gasteiger partial charge >= 0.3 is 0 Å². The first-order chi connectivity index (χ1) is 9.37. The molecule has 0 radical (unpaired) electrons. The molecule has 1 saturated heterocycles. The first-order valence-corrected chi connectivity index (χ1v) is 7.38. The first kappa shape index (κ1) is 16.8. The van der Waals surface area contributed by atoms with Gasteiger partial charge in [-0.1, -0.05) is 32.9 Å². The fourth-order valence-electron chi connectivity index (χ4n) is 2.54. The fourth-order valence-corrected chi connectivity index (χ4v) is 2.54. The highest BCUT2D eigenvalue weighted by molar-refractivity contribution is 5.85. The van der Waals surface area contributed by atoms with Crippen LogP contribution in [0.2, 0.25) is 0 Å². The second-order valence-electron chi connectivity index (χ2n) is 6.01. The Labute approximate surface area is 121 Å². The van der Waals surface area contributed by atoms with E-state index < -0.39 is 0 Å². The van der Waals surface area contributed by atoms with Gasteiger partial charge in [0.1, 0.15) is 0 Å². The monoisotopic (exact) mass is 284 g/mol. The Kier molecular flexibility index (Phi) is 5.80. The highest BCUT2D eigenvalue weighted by Gasteiger charge is 2.33. The zero-order valence-corrected chi connectivity index (χ0v) is 13.1. The topological polar surface area (TPSA) is 82.2 Å². The number of nitrogens with two attached hydrogens (primary N) is 1. The third-order valence-electron chi connectivity index (χ3n) is 4.35. The molecule has 1 heterocycles. The van der Waals surface area contributed by atoms with Crippen LogP contribution >= 0.6 is 0 Å². The van der Waals surface area contributed by atoms with Crippen LogP contribution in [0, 0.1) is 5.41 Å². The minimum absolute atomic E-state index is 0.0450. The Bertz CT molecular complexity index is 360. The van der Waals surface area contributed by atoms with Crippen LogP contribution in [0.5, 0.6) is 0 Å². The lowest BCUT2D eigenvalue weighted by molar-refractivity contribution is -0.142. The van der Waals surface area contributed by atoms with Crippen molar-refractivity contribution in [3.05, 3.63) is 0 Å². The van der Waals surface area contributed by atoms with E-state index in [-0.39, 0.29) is 23.2 Å². The average molecular weight is 284 g/mol. The molecule has 0 aromatic heterocycles. The highest BCUT2D eigenvalue weighted by Crippen LogP contribution is 2.24. The van der Waals surface area contributed by atoms with E-state index in [1.807, 2.05) is 32.6 Å². The van der Waals surface area contributed by atoms with Crippen molar-refractivity contribution < 1.29 is 10.0 Å². The number of hydrogen-bond donors (Lipinski definition) is 2. The van der Waals surface area contributed by atoms with Gasteiger partial charge in [0.05, 0.1) is 6.04 Å². The van der Waals surface area contributed by atoms with Crippen molar-refractivity contribution in [2.75, 3.05) is 26.2 Å². The first-order valence-electron chi connectivity index (χ1n) is 7.38. The molecule has 1 fully saturated rings. The van der Waals surface area contributed by atoms with E-state index in [9.17, 15) is 4.79 Å². The maximum Gasteiger partial charge on any atom is 0.228 e. The number of rotatable bonds is 5. The van der Waals surface area contributed by atoms with Crippen molar-refractivity contribution in [1.29, 1.82) is 0 Å². The highest BCUT2D eigenvalue weighted by atomic mass is 16.4. The maximum absolute atomic E-state index is 12.4.